The van der Waals surface area contributed by atoms with Crippen LogP contribution in [0.2, 0.25) is 0 Å². The Morgan fingerprint density at radius 1 is 1.25 bits per heavy atom. The van der Waals surface area contributed by atoms with Gasteiger partial charge in [-0.2, -0.15) is 0 Å². The Hall–Kier alpha value is -1.22. The van der Waals surface area contributed by atoms with E-state index in [0.29, 0.717) is 0 Å². The number of ether oxygens (including phenoxy) is 1. The normalized spacial score (nSPS) is 19.4. The Kier molecular flexibility index (Phi) is 4.92. The zero-order chi connectivity index (χ0) is 14.6. The summed E-state index contributed by atoms with van der Waals surface area (Å²) in [7, 11) is 0. The molecule has 112 valence electrons. The van der Waals surface area contributed by atoms with E-state index in [1.54, 1.807) is 0 Å². The van der Waals surface area contributed by atoms with Crippen LogP contribution in [0.15, 0.2) is 24.3 Å². The molecular weight excluding hydrogens is 248 g/mol. The largest absolute Gasteiger partial charge is 0.494 e. The maximum absolute atomic E-state index is 5.49. The molecular formula is C17H28N2O. The molecule has 1 aromatic carbocycles. The second kappa shape index (κ2) is 6.49. The Balaban J connectivity index is 1.85. The van der Waals surface area contributed by atoms with E-state index in [2.05, 4.69) is 55.3 Å². The lowest BCUT2D eigenvalue weighted by molar-refractivity contribution is 0.340. The van der Waals surface area contributed by atoms with Crippen LogP contribution in [0.3, 0.4) is 0 Å². The highest BCUT2D eigenvalue weighted by Crippen LogP contribution is 2.25. The molecule has 1 saturated heterocycles. The van der Waals surface area contributed by atoms with Crippen LogP contribution < -0.4 is 15.0 Å². The summed E-state index contributed by atoms with van der Waals surface area (Å²) in [6, 6.07) is 8.48. The zero-order valence-corrected chi connectivity index (χ0v) is 13.3. The van der Waals surface area contributed by atoms with Gasteiger partial charge in [-0.25, -0.2) is 0 Å². The van der Waals surface area contributed by atoms with E-state index < -0.39 is 0 Å². The van der Waals surface area contributed by atoms with Crippen molar-refractivity contribution < 1.29 is 4.74 Å². The summed E-state index contributed by atoms with van der Waals surface area (Å²) < 4.78 is 5.49. The Bertz CT molecular complexity index is 408. The van der Waals surface area contributed by atoms with Gasteiger partial charge in [0.1, 0.15) is 5.75 Å². The molecule has 1 aliphatic heterocycles. The molecule has 0 bridgehead atoms. The van der Waals surface area contributed by atoms with E-state index in [-0.39, 0.29) is 5.54 Å². The summed E-state index contributed by atoms with van der Waals surface area (Å²) in [6.07, 6.45) is 1.27. The Morgan fingerprint density at radius 3 is 2.55 bits per heavy atom. The first-order valence-electron chi connectivity index (χ1n) is 7.71. The van der Waals surface area contributed by atoms with Crippen molar-refractivity contribution in [1.82, 2.24) is 5.32 Å². The van der Waals surface area contributed by atoms with Gasteiger partial charge in [0, 0.05) is 30.9 Å². The standard InChI is InChI=1S/C17H28N2O/c1-5-20-16-8-6-15(7-9-16)19-11-10-14(13-19)12-18-17(2,3)4/h6-9,14,18H,5,10-13H2,1-4H3. The Labute approximate surface area is 123 Å². The molecule has 1 atom stereocenters. The summed E-state index contributed by atoms with van der Waals surface area (Å²) in [4.78, 5) is 2.48. The summed E-state index contributed by atoms with van der Waals surface area (Å²) >= 11 is 0. The van der Waals surface area contributed by atoms with E-state index in [9.17, 15) is 0 Å². The molecule has 0 aliphatic carbocycles. The second-order valence-corrected chi connectivity index (χ2v) is 6.66. The fraction of sp³-hybridized carbons (Fsp3) is 0.647. The molecule has 1 heterocycles. The predicted octanol–water partition coefficient (Wildman–Crippen LogP) is 3.30. The number of hydrogen-bond acceptors (Lipinski definition) is 3. The summed E-state index contributed by atoms with van der Waals surface area (Å²) in [5, 5.41) is 3.62. The van der Waals surface area contributed by atoms with Gasteiger partial charge in [0.15, 0.2) is 0 Å². The molecule has 0 radical (unpaired) electrons. The molecule has 1 N–H and O–H groups in total. The first kappa shape index (κ1) is 15.2. The quantitative estimate of drug-likeness (QED) is 0.893. The lowest BCUT2D eigenvalue weighted by Crippen LogP contribution is -2.39. The summed E-state index contributed by atoms with van der Waals surface area (Å²) in [5.74, 6) is 1.71. The highest BCUT2D eigenvalue weighted by molar-refractivity contribution is 5.49. The predicted molar refractivity (Wildman–Crippen MR) is 85.7 cm³/mol. The van der Waals surface area contributed by atoms with Gasteiger partial charge in [-0.3, -0.25) is 0 Å². The van der Waals surface area contributed by atoms with Gasteiger partial charge >= 0.3 is 0 Å². The maximum atomic E-state index is 5.49. The molecule has 3 heteroatoms. The molecule has 2 rings (SSSR count). The SMILES string of the molecule is CCOc1ccc(N2CCC(CNC(C)(C)C)C2)cc1. The van der Waals surface area contributed by atoms with Crippen molar-refractivity contribution in [2.45, 2.75) is 39.7 Å². The first-order chi connectivity index (χ1) is 9.48. The molecule has 1 aromatic rings. The van der Waals surface area contributed by atoms with Crippen molar-refractivity contribution in [3.8, 4) is 5.75 Å². The third-order valence-corrected chi connectivity index (χ3v) is 3.72. The highest BCUT2D eigenvalue weighted by atomic mass is 16.5. The van der Waals surface area contributed by atoms with Gasteiger partial charge in [0.05, 0.1) is 6.61 Å². The number of rotatable bonds is 5. The fourth-order valence-corrected chi connectivity index (χ4v) is 2.60. The average Bonchev–Trinajstić information content (AvgIpc) is 2.86. The number of nitrogens with one attached hydrogen (secondary N) is 1. The van der Waals surface area contributed by atoms with Gasteiger partial charge in [-0.05, 0) is 64.3 Å². The minimum Gasteiger partial charge on any atom is -0.494 e. The molecule has 0 spiro atoms. The molecule has 20 heavy (non-hydrogen) atoms. The second-order valence-electron chi connectivity index (χ2n) is 6.66. The van der Waals surface area contributed by atoms with Gasteiger partial charge < -0.3 is 15.0 Å². The number of nitrogens with zero attached hydrogens (tertiary/aromatic N) is 1. The van der Waals surface area contributed by atoms with Gasteiger partial charge in [-0.15, -0.1) is 0 Å². The monoisotopic (exact) mass is 276 g/mol. The molecule has 1 fully saturated rings. The van der Waals surface area contributed by atoms with Crippen molar-refractivity contribution >= 4 is 5.69 Å². The van der Waals surface area contributed by atoms with Crippen molar-refractivity contribution in [3.05, 3.63) is 24.3 Å². The zero-order valence-electron chi connectivity index (χ0n) is 13.3. The van der Waals surface area contributed by atoms with Crippen LogP contribution >= 0.6 is 0 Å². The topological polar surface area (TPSA) is 24.5 Å². The van der Waals surface area contributed by atoms with E-state index in [1.807, 2.05) is 6.92 Å². The number of benzene rings is 1. The Morgan fingerprint density at radius 2 is 1.95 bits per heavy atom. The van der Waals surface area contributed by atoms with Crippen molar-refractivity contribution in [2.75, 3.05) is 31.1 Å². The maximum Gasteiger partial charge on any atom is 0.119 e. The van der Waals surface area contributed by atoms with E-state index in [0.717, 1.165) is 37.9 Å². The number of anilines is 1. The summed E-state index contributed by atoms with van der Waals surface area (Å²) in [6.45, 7) is 12.8. The van der Waals surface area contributed by atoms with E-state index in [4.69, 9.17) is 4.74 Å². The summed E-state index contributed by atoms with van der Waals surface area (Å²) in [5.41, 5.74) is 1.53. The first-order valence-corrected chi connectivity index (χ1v) is 7.71. The molecule has 1 unspecified atom stereocenters. The van der Waals surface area contributed by atoms with Crippen LogP contribution in [0.5, 0.6) is 5.75 Å². The third kappa shape index (κ3) is 4.41. The van der Waals surface area contributed by atoms with Gasteiger partial charge in [0.2, 0.25) is 0 Å². The third-order valence-electron chi connectivity index (χ3n) is 3.72. The van der Waals surface area contributed by atoms with E-state index >= 15 is 0 Å². The van der Waals surface area contributed by atoms with Crippen molar-refractivity contribution in [1.29, 1.82) is 0 Å². The van der Waals surface area contributed by atoms with Crippen molar-refractivity contribution in [3.63, 3.8) is 0 Å². The highest BCUT2D eigenvalue weighted by Gasteiger charge is 2.23. The minimum absolute atomic E-state index is 0.215. The van der Waals surface area contributed by atoms with E-state index in [1.165, 1.54) is 12.1 Å². The molecule has 0 saturated carbocycles. The lowest BCUT2D eigenvalue weighted by atomic mass is 10.1. The van der Waals surface area contributed by atoms with Crippen LogP contribution in [0.25, 0.3) is 0 Å². The molecule has 1 aliphatic rings. The van der Waals surface area contributed by atoms with Crippen LogP contribution in [0.4, 0.5) is 5.69 Å². The smallest absolute Gasteiger partial charge is 0.119 e. The van der Waals surface area contributed by atoms with Gasteiger partial charge in [-0.1, -0.05) is 0 Å². The van der Waals surface area contributed by atoms with Crippen LogP contribution in [0.1, 0.15) is 34.1 Å². The number of hydrogen-bond donors (Lipinski definition) is 1. The molecule has 3 nitrogen and oxygen atoms in total. The van der Waals surface area contributed by atoms with Crippen LogP contribution in [0, 0.1) is 5.92 Å². The van der Waals surface area contributed by atoms with Crippen LogP contribution in [-0.2, 0) is 0 Å². The minimum atomic E-state index is 0.215. The lowest BCUT2D eigenvalue weighted by Gasteiger charge is -2.24. The van der Waals surface area contributed by atoms with Gasteiger partial charge in [0.25, 0.3) is 0 Å². The molecule has 0 amide bonds. The molecule has 0 aromatic heterocycles. The van der Waals surface area contributed by atoms with Crippen molar-refractivity contribution in [2.24, 2.45) is 5.92 Å². The van der Waals surface area contributed by atoms with Crippen LogP contribution in [-0.4, -0.2) is 31.8 Å². The average molecular weight is 276 g/mol. The fourth-order valence-electron chi connectivity index (χ4n) is 2.60.